The molecule has 1 aliphatic rings. The number of aromatic nitrogens is 3. The first-order valence-electron chi connectivity index (χ1n) is 9.58. The molecule has 3 rings (SSSR count). The molecule has 7 nitrogen and oxygen atoms in total. The molecule has 0 amide bonds. The lowest BCUT2D eigenvalue weighted by atomic mass is 10.2. The van der Waals surface area contributed by atoms with Crippen LogP contribution in [0.3, 0.4) is 0 Å². The van der Waals surface area contributed by atoms with Crippen LogP contribution in [0.15, 0.2) is 29.1 Å². The maximum atomic E-state index is 12.4. The number of aliphatic hydroxyl groups excluding tert-OH is 1. The average molecular weight is 394 g/mol. The van der Waals surface area contributed by atoms with Crippen molar-refractivity contribution in [1.29, 1.82) is 0 Å². The van der Waals surface area contributed by atoms with E-state index in [-0.39, 0.29) is 5.69 Å². The van der Waals surface area contributed by atoms with Crippen LogP contribution in [0.5, 0.6) is 0 Å². The van der Waals surface area contributed by atoms with Crippen molar-refractivity contribution in [3.05, 3.63) is 45.6 Å². The molecule has 0 saturated carbocycles. The highest BCUT2D eigenvalue weighted by atomic mass is 35.5. The van der Waals surface area contributed by atoms with Gasteiger partial charge in [-0.2, -0.15) is 5.10 Å². The lowest BCUT2D eigenvalue weighted by Gasteiger charge is -2.36. The summed E-state index contributed by atoms with van der Waals surface area (Å²) in [6.45, 7) is 9.52. The van der Waals surface area contributed by atoms with Crippen LogP contribution < -0.4 is 10.6 Å². The van der Waals surface area contributed by atoms with Crippen molar-refractivity contribution in [3.63, 3.8) is 0 Å². The van der Waals surface area contributed by atoms with Crippen molar-refractivity contribution < 1.29 is 5.11 Å². The molecular weight excluding hydrogens is 366 g/mol. The second-order valence-corrected chi connectivity index (χ2v) is 7.38. The van der Waals surface area contributed by atoms with Crippen molar-refractivity contribution >= 4 is 17.3 Å². The van der Waals surface area contributed by atoms with Gasteiger partial charge in [0.25, 0.3) is 0 Å². The van der Waals surface area contributed by atoms with Crippen molar-refractivity contribution in [3.8, 4) is 0 Å². The summed E-state index contributed by atoms with van der Waals surface area (Å²) >= 11 is 5.96. The molecule has 1 fully saturated rings. The highest BCUT2D eigenvalue weighted by Gasteiger charge is 2.18. The molecule has 2 heterocycles. The van der Waals surface area contributed by atoms with Crippen molar-refractivity contribution in [2.75, 3.05) is 37.6 Å². The van der Waals surface area contributed by atoms with Gasteiger partial charge in [-0.3, -0.25) is 9.47 Å². The Morgan fingerprint density at radius 2 is 1.81 bits per heavy atom. The number of hydrogen-bond donors (Lipinski definition) is 1. The zero-order valence-electron chi connectivity index (χ0n) is 16.0. The van der Waals surface area contributed by atoms with Gasteiger partial charge in [-0.25, -0.2) is 9.48 Å². The first-order chi connectivity index (χ1) is 13.0. The van der Waals surface area contributed by atoms with Crippen LogP contribution in [-0.4, -0.2) is 57.1 Å². The predicted octanol–water partition coefficient (Wildman–Crippen LogP) is 1.98. The molecule has 1 saturated heterocycles. The highest BCUT2D eigenvalue weighted by molar-refractivity contribution is 6.30. The van der Waals surface area contributed by atoms with Crippen LogP contribution in [0.4, 0.5) is 5.69 Å². The van der Waals surface area contributed by atoms with E-state index in [0.717, 1.165) is 44.2 Å². The number of aliphatic hydroxyl groups is 1. The molecule has 1 aromatic heterocycles. The number of piperazine rings is 1. The van der Waals surface area contributed by atoms with Crippen LogP contribution in [0, 0.1) is 0 Å². The van der Waals surface area contributed by atoms with Crippen molar-refractivity contribution in [2.45, 2.75) is 39.5 Å². The standard InChI is InChI=1S/C19H28ClN5O2/c1-3-24-18(15(2)26)21-25(19(24)27)10-4-9-22-11-13-23(14-12-22)17-7-5-16(20)6-8-17/h5-8,15,26H,3-4,9-14H2,1-2H3/t15-/m0/s1. The number of halogens is 1. The lowest BCUT2D eigenvalue weighted by Crippen LogP contribution is -2.46. The van der Waals surface area contributed by atoms with Gasteiger partial charge in [-0.1, -0.05) is 11.6 Å². The summed E-state index contributed by atoms with van der Waals surface area (Å²) < 4.78 is 3.02. The van der Waals surface area contributed by atoms with Crippen LogP contribution in [0.25, 0.3) is 0 Å². The minimum absolute atomic E-state index is 0.138. The topological polar surface area (TPSA) is 66.5 Å². The number of rotatable bonds is 7. The number of nitrogens with zero attached hydrogens (tertiary/aromatic N) is 5. The molecule has 1 N–H and O–H groups in total. The second kappa shape index (κ2) is 8.91. The van der Waals surface area contributed by atoms with Gasteiger partial charge >= 0.3 is 5.69 Å². The van der Waals surface area contributed by atoms with Gasteiger partial charge in [0.15, 0.2) is 5.82 Å². The van der Waals surface area contributed by atoms with E-state index in [9.17, 15) is 9.90 Å². The Hall–Kier alpha value is -1.83. The first kappa shape index (κ1) is 19.9. The zero-order chi connectivity index (χ0) is 19.4. The Morgan fingerprint density at radius 1 is 1.15 bits per heavy atom. The molecule has 0 bridgehead atoms. The second-order valence-electron chi connectivity index (χ2n) is 6.94. The summed E-state index contributed by atoms with van der Waals surface area (Å²) in [6, 6.07) is 7.98. The third kappa shape index (κ3) is 4.72. The van der Waals surface area contributed by atoms with Gasteiger partial charge in [0.1, 0.15) is 6.10 Å². The van der Waals surface area contributed by atoms with E-state index in [1.165, 1.54) is 14.9 Å². The fraction of sp³-hybridized carbons (Fsp3) is 0.579. The third-order valence-electron chi connectivity index (χ3n) is 5.05. The molecule has 27 heavy (non-hydrogen) atoms. The van der Waals surface area contributed by atoms with E-state index in [2.05, 4.69) is 27.0 Å². The van der Waals surface area contributed by atoms with Crippen molar-refractivity contribution in [2.24, 2.45) is 0 Å². The van der Waals surface area contributed by atoms with Gasteiger partial charge in [0.05, 0.1) is 0 Å². The van der Waals surface area contributed by atoms with Crippen LogP contribution in [-0.2, 0) is 13.1 Å². The molecule has 0 unspecified atom stereocenters. The van der Waals surface area contributed by atoms with Gasteiger partial charge in [0.2, 0.25) is 0 Å². The minimum Gasteiger partial charge on any atom is -0.385 e. The minimum atomic E-state index is -0.736. The number of benzene rings is 1. The Morgan fingerprint density at radius 3 is 2.37 bits per heavy atom. The molecule has 1 aliphatic heterocycles. The molecule has 1 atom stereocenters. The third-order valence-corrected chi connectivity index (χ3v) is 5.30. The number of aryl methyl sites for hydroxylation is 1. The van der Waals surface area contributed by atoms with Gasteiger partial charge in [0, 0.05) is 56.5 Å². The molecule has 8 heteroatoms. The molecule has 148 valence electrons. The molecule has 1 aromatic carbocycles. The van der Waals surface area contributed by atoms with Crippen LogP contribution in [0.1, 0.15) is 32.2 Å². The van der Waals surface area contributed by atoms with E-state index >= 15 is 0 Å². The summed E-state index contributed by atoms with van der Waals surface area (Å²) in [4.78, 5) is 17.1. The number of anilines is 1. The maximum absolute atomic E-state index is 12.4. The monoisotopic (exact) mass is 393 g/mol. The summed E-state index contributed by atoms with van der Waals surface area (Å²) in [5.74, 6) is 0.444. The quantitative estimate of drug-likeness (QED) is 0.779. The molecule has 2 aromatic rings. The number of hydrogen-bond acceptors (Lipinski definition) is 5. The fourth-order valence-electron chi connectivity index (χ4n) is 3.54. The van der Waals surface area contributed by atoms with Crippen molar-refractivity contribution in [1.82, 2.24) is 19.2 Å². The van der Waals surface area contributed by atoms with Crippen LogP contribution in [0.2, 0.25) is 5.02 Å². The van der Waals surface area contributed by atoms with Gasteiger partial charge in [-0.15, -0.1) is 0 Å². The average Bonchev–Trinajstić information content (AvgIpc) is 2.99. The summed E-state index contributed by atoms with van der Waals surface area (Å²) in [5, 5.41) is 14.8. The molecule has 0 radical (unpaired) electrons. The molecule has 0 aliphatic carbocycles. The normalized spacial score (nSPS) is 16.7. The maximum Gasteiger partial charge on any atom is 0.345 e. The smallest absolute Gasteiger partial charge is 0.345 e. The van der Waals surface area contributed by atoms with E-state index in [1.807, 2.05) is 19.1 Å². The Balaban J connectivity index is 1.48. The Labute approximate surface area is 164 Å². The lowest BCUT2D eigenvalue weighted by molar-refractivity contribution is 0.182. The largest absolute Gasteiger partial charge is 0.385 e. The van der Waals surface area contributed by atoms with E-state index in [4.69, 9.17) is 11.6 Å². The van der Waals surface area contributed by atoms with E-state index in [1.54, 1.807) is 6.92 Å². The van der Waals surface area contributed by atoms with Gasteiger partial charge in [-0.05, 0) is 44.5 Å². The van der Waals surface area contributed by atoms with Gasteiger partial charge < -0.3 is 10.0 Å². The first-order valence-corrected chi connectivity index (χ1v) is 9.96. The van der Waals surface area contributed by atoms with E-state index < -0.39 is 6.10 Å². The Kier molecular flexibility index (Phi) is 6.57. The SMILES string of the molecule is CCn1c([C@H](C)O)nn(CCCN2CCN(c3ccc(Cl)cc3)CC2)c1=O. The summed E-state index contributed by atoms with van der Waals surface area (Å²) in [6.07, 6.45) is 0.126. The highest BCUT2D eigenvalue weighted by Crippen LogP contribution is 2.19. The fourth-order valence-corrected chi connectivity index (χ4v) is 3.66. The molecular formula is C19H28ClN5O2. The summed E-state index contributed by atoms with van der Waals surface area (Å²) in [7, 11) is 0. The zero-order valence-corrected chi connectivity index (χ0v) is 16.8. The van der Waals surface area contributed by atoms with Crippen LogP contribution >= 0.6 is 11.6 Å². The molecule has 0 spiro atoms. The summed E-state index contributed by atoms with van der Waals surface area (Å²) in [5.41, 5.74) is 1.07. The predicted molar refractivity (Wildman–Crippen MR) is 108 cm³/mol. The Bertz CT molecular complexity index is 791. The van der Waals surface area contributed by atoms with E-state index in [0.29, 0.717) is 18.9 Å².